The number of ether oxygens (including phenoxy) is 1. The van der Waals surface area contributed by atoms with Crippen LogP contribution >= 0.6 is 11.8 Å². The SMILES string of the molecule is C=CCCC(=O)NC(C)(CCC(=O)SCc1ccccc1)C(=O)OCC=NC. The number of esters is 1. The molecule has 0 radical (unpaired) electrons. The smallest absolute Gasteiger partial charge is 0.331 e. The van der Waals surface area contributed by atoms with Gasteiger partial charge in [0.2, 0.25) is 5.91 Å². The topological polar surface area (TPSA) is 84.8 Å². The van der Waals surface area contributed by atoms with Crippen LogP contribution in [-0.2, 0) is 24.9 Å². The molecular weight excluding hydrogens is 376 g/mol. The summed E-state index contributed by atoms with van der Waals surface area (Å²) in [7, 11) is 1.58. The first-order valence-electron chi connectivity index (χ1n) is 9.10. The molecule has 0 saturated carbocycles. The Hall–Kier alpha value is -2.41. The minimum atomic E-state index is -1.27. The fraction of sp³-hybridized carbons (Fsp3) is 0.429. The first-order valence-corrected chi connectivity index (χ1v) is 10.1. The summed E-state index contributed by atoms with van der Waals surface area (Å²) in [5.74, 6) is -0.299. The molecule has 0 saturated heterocycles. The van der Waals surface area contributed by atoms with Crippen molar-refractivity contribution in [2.45, 2.75) is 43.9 Å². The lowest BCUT2D eigenvalue weighted by Crippen LogP contribution is -2.53. The zero-order chi connectivity index (χ0) is 20.8. The summed E-state index contributed by atoms with van der Waals surface area (Å²) in [4.78, 5) is 40.7. The van der Waals surface area contributed by atoms with Gasteiger partial charge in [-0.15, -0.1) is 6.58 Å². The molecule has 1 aromatic rings. The molecule has 1 amide bonds. The third-order valence-electron chi connectivity index (χ3n) is 3.98. The lowest BCUT2D eigenvalue weighted by molar-refractivity contribution is -0.151. The van der Waals surface area contributed by atoms with Crippen molar-refractivity contribution in [3.8, 4) is 0 Å². The Labute approximate surface area is 170 Å². The van der Waals surface area contributed by atoms with Crippen LogP contribution in [0, 0.1) is 0 Å². The fourth-order valence-corrected chi connectivity index (χ4v) is 3.09. The summed E-state index contributed by atoms with van der Waals surface area (Å²) in [6, 6.07) is 9.68. The van der Waals surface area contributed by atoms with Gasteiger partial charge in [0, 0.05) is 31.9 Å². The van der Waals surface area contributed by atoms with Crippen molar-refractivity contribution in [2.24, 2.45) is 4.99 Å². The Balaban J connectivity index is 2.66. The Morgan fingerprint density at radius 2 is 1.96 bits per heavy atom. The monoisotopic (exact) mass is 404 g/mol. The highest BCUT2D eigenvalue weighted by atomic mass is 32.2. The molecule has 0 aliphatic carbocycles. The lowest BCUT2D eigenvalue weighted by Gasteiger charge is -2.28. The molecule has 1 rings (SSSR count). The minimum Gasteiger partial charge on any atom is -0.458 e. The number of benzene rings is 1. The molecule has 1 atom stereocenters. The Morgan fingerprint density at radius 3 is 2.61 bits per heavy atom. The Bertz CT molecular complexity index is 691. The van der Waals surface area contributed by atoms with Gasteiger partial charge in [-0.1, -0.05) is 48.2 Å². The van der Waals surface area contributed by atoms with Crippen molar-refractivity contribution in [3.05, 3.63) is 48.6 Å². The van der Waals surface area contributed by atoms with Gasteiger partial charge in [-0.2, -0.15) is 0 Å². The standard InChI is InChI=1S/C21H28N2O4S/c1-4-5-11-18(24)23-21(2,20(26)27-15-14-22-3)13-12-19(25)28-16-17-9-7-6-8-10-17/h4,6-10,14H,1,5,11-13,15-16H2,2-3H3,(H,23,24). The average molecular weight is 405 g/mol. The molecule has 0 fully saturated rings. The summed E-state index contributed by atoms with van der Waals surface area (Å²) in [6.07, 6.45) is 4.13. The minimum absolute atomic E-state index is 0.0180. The molecule has 1 unspecified atom stereocenters. The number of allylic oxidation sites excluding steroid dienone is 1. The van der Waals surface area contributed by atoms with E-state index < -0.39 is 11.5 Å². The predicted octanol–water partition coefficient (Wildman–Crippen LogP) is 3.31. The molecule has 0 spiro atoms. The van der Waals surface area contributed by atoms with Crippen LogP contribution in [0.3, 0.4) is 0 Å². The zero-order valence-corrected chi connectivity index (χ0v) is 17.3. The summed E-state index contributed by atoms with van der Waals surface area (Å²) in [6.45, 7) is 5.19. The molecule has 0 aliphatic heterocycles. The molecule has 28 heavy (non-hydrogen) atoms. The van der Waals surface area contributed by atoms with Crippen LogP contribution in [0.1, 0.15) is 38.2 Å². The van der Waals surface area contributed by atoms with Crippen LogP contribution in [0.2, 0.25) is 0 Å². The first-order chi connectivity index (χ1) is 13.4. The van der Waals surface area contributed by atoms with Crippen LogP contribution in [0.5, 0.6) is 0 Å². The van der Waals surface area contributed by atoms with E-state index in [-0.39, 0.29) is 36.9 Å². The third-order valence-corrected chi connectivity index (χ3v) is 4.99. The van der Waals surface area contributed by atoms with E-state index in [9.17, 15) is 14.4 Å². The van der Waals surface area contributed by atoms with E-state index in [0.29, 0.717) is 12.2 Å². The van der Waals surface area contributed by atoms with Gasteiger partial charge in [0.25, 0.3) is 0 Å². The zero-order valence-electron chi connectivity index (χ0n) is 16.5. The number of carbonyl (C=O) groups is 3. The number of nitrogens with one attached hydrogen (secondary N) is 1. The van der Waals surface area contributed by atoms with Gasteiger partial charge in [-0.3, -0.25) is 14.6 Å². The number of carbonyl (C=O) groups excluding carboxylic acids is 3. The lowest BCUT2D eigenvalue weighted by atomic mass is 9.95. The van der Waals surface area contributed by atoms with Crippen LogP contribution in [0.15, 0.2) is 48.0 Å². The normalized spacial score (nSPS) is 12.9. The van der Waals surface area contributed by atoms with Gasteiger partial charge in [-0.05, 0) is 25.3 Å². The molecule has 0 aliphatic rings. The number of rotatable bonds is 12. The quantitative estimate of drug-likeness (QED) is 0.328. The van der Waals surface area contributed by atoms with E-state index in [1.54, 1.807) is 20.0 Å². The van der Waals surface area contributed by atoms with Crippen molar-refractivity contribution in [1.29, 1.82) is 0 Å². The molecule has 0 heterocycles. The maximum Gasteiger partial charge on any atom is 0.331 e. The highest BCUT2D eigenvalue weighted by molar-refractivity contribution is 8.12. The largest absolute Gasteiger partial charge is 0.458 e. The maximum atomic E-state index is 12.5. The van der Waals surface area contributed by atoms with E-state index in [0.717, 1.165) is 5.56 Å². The van der Waals surface area contributed by atoms with Crippen molar-refractivity contribution in [3.63, 3.8) is 0 Å². The van der Waals surface area contributed by atoms with Gasteiger partial charge < -0.3 is 10.1 Å². The van der Waals surface area contributed by atoms with E-state index in [2.05, 4.69) is 16.9 Å². The number of nitrogens with zero attached hydrogens (tertiary/aromatic N) is 1. The summed E-state index contributed by atoms with van der Waals surface area (Å²) < 4.78 is 5.17. The number of hydrogen-bond donors (Lipinski definition) is 1. The second kappa shape index (κ2) is 12.9. The van der Waals surface area contributed by atoms with Gasteiger partial charge in [0.05, 0.1) is 0 Å². The van der Waals surface area contributed by atoms with Crippen molar-refractivity contribution in [2.75, 3.05) is 13.7 Å². The number of hydrogen-bond acceptors (Lipinski definition) is 6. The van der Waals surface area contributed by atoms with Crippen molar-refractivity contribution < 1.29 is 19.1 Å². The number of amides is 1. The van der Waals surface area contributed by atoms with E-state index in [4.69, 9.17) is 4.74 Å². The Kier molecular flexibility index (Phi) is 10.9. The molecule has 1 aromatic carbocycles. The van der Waals surface area contributed by atoms with Crippen LogP contribution in [0.4, 0.5) is 0 Å². The number of aliphatic imine (C=N–C) groups is 1. The van der Waals surface area contributed by atoms with Crippen LogP contribution < -0.4 is 5.32 Å². The fourth-order valence-electron chi connectivity index (χ4n) is 2.33. The van der Waals surface area contributed by atoms with Crippen molar-refractivity contribution in [1.82, 2.24) is 5.32 Å². The van der Waals surface area contributed by atoms with E-state index >= 15 is 0 Å². The molecule has 0 aromatic heterocycles. The van der Waals surface area contributed by atoms with Crippen molar-refractivity contribution >= 4 is 35.0 Å². The van der Waals surface area contributed by atoms with Crippen LogP contribution in [-0.4, -0.2) is 42.4 Å². The third kappa shape index (κ3) is 8.99. The highest BCUT2D eigenvalue weighted by Crippen LogP contribution is 2.21. The van der Waals surface area contributed by atoms with Gasteiger partial charge >= 0.3 is 5.97 Å². The highest BCUT2D eigenvalue weighted by Gasteiger charge is 2.36. The molecular formula is C21H28N2O4S. The van der Waals surface area contributed by atoms with E-state index in [1.165, 1.54) is 18.0 Å². The molecule has 0 bridgehead atoms. The van der Waals surface area contributed by atoms with Gasteiger partial charge in [-0.25, -0.2) is 4.79 Å². The molecule has 1 N–H and O–H groups in total. The van der Waals surface area contributed by atoms with Crippen LogP contribution in [0.25, 0.3) is 0 Å². The molecule has 152 valence electrons. The summed E-state index contributed by atoms with van der Waals surface area (Å²) in [5.41, 5.74) is -0.220. The summed E-state index contributed by atoms with van der Waals surface area (Å²) >= 11 is 1.20. The maximum absolute atomic E-state index is 12.5. The average Bonchev–Trinajstić information content (AvgIpc) is 2.70. The second-order valence-electron chi connectivity index (χ2n) is 6.39. The van der Waals surface area contributed by atoms with Gasteiger partial charge in [0.1, 0.15) is 12.1 Å². The summed E-state index contributed by atoms with van der Waals surface area (Å²) in [5, 5.41) is 2.67. The first kappa shape index (κ1) is 23.6. The Morgan fingerprint density at radius 1 is 1.25 bits per heavy atom. The second-order valence-corrected chi connectivity index (χ2v) is 7.43. The number of thioether (sulfide) groups is 1. The molecule has 6 nitrogen and oxygen atoms in total. The van der Waals surface area contributed by atoms with Gasteiger partial charge in [0.15, 0.2) is 5.12 Å². The van der Waals surface area contributed by atoms with E-state index in [1.807, 2.05) is 30.3 Å². The predicted molar refractivity (Wildman–Crippen MR) is 113 cm³/mol. The molecule has 7 heteroatoms.